The summed E-state index contributed by atoms with van der Waals surface area (Å²) in [5.41, 5.74) is 4.33. The van der Waals surface area contributed by atoms with Crippen LogP contribution in [0, 0.1) is 0 Å². The number of halogens is 4. The lowest BCUT2D eigenvalue weighted by Crippen LogP contribution is -2.42. The molecule has 13 heteroatoms. The first-order valence-corrected chi connectivity index (χ1v) is 10.7. The Hall–Kier alpha value is -3.45. The Labute approximate surface area is 199 Å². The van der Waals surface area contributed by atoms with Gasteiger partial charge < -0.3 is 21.4 Å². The van der Waals surface area contributed by atoms with E-state index in [1.807, 2.05) is 4.98 Å². The number of amides is 1. The third-order valence-electron chi connectivity index (χ3n) is 4.75. The van der Waals surface area contributed by atoms with Crippen LogP contribution in [0.3, 0.4) is 0 Å². The highest BCUT2D eigenvalue weighted by molar-refractivity contribution is 9.10. The van der Waals surface area contributed by atoms with E-state index in [-0.39, 0.29) is 23.7 Å². The number of rotatable bonds is 5. The lowest BCUT2D eigenvalue weighted by molar-refractivity contribution is -0.137. The Morgan fingerprint density at radius 1 is 1.18 bits per heavy atom. The monoisotopic (exact) mass is 540 g/mol. The summed E-state index contributed by atoms with van der Waals surface area (Å²) in [4.78, 5) is 40.6. The molecule has 3 aromatic rings. The molecule has 0 radical (unpaired) electrons. The number of nitrogens with zero attached hydrogens (tertiary/aromatic N) is 1. The molecule has 2 heterocycles. The van der Waals surface area contributed by atoms with Crippen LogP contribution in [0.15, 0.2) is 62.9 Å². The number of nitrogens with one attached hydrogen (secondary N) is 4. The van der Waals surface area contributed by atoms with Gasteiger partial charge in [0.1, 0.15) is 0 Å². The van der Waals surface area contributed by atoms with Crippen LogP contribution >= 0.6 is 15.9 Å². The zero-order chi connectivity index (χ0) is 24.9. The Kier molecular flexibility index (Phi) is 7.57. The van der Waals surface area contributed by atoms with Gasteiger partial charge in [-0.15, -0.1) is 0 Å². The van der Waals surface area contributed by atoms with Crippen molar-refractivity contribution >= 4 is 33.2 Å². The van der Waals surface area contributed by atoms with Crippen molar-refractivity contribution in [3.05, 3.63) is 85.4 Å². The molecule has 1 aliphatic carbocycles. The molecule has 180 valence electrons. The predicted molar refractivity (Wildman–Crippen MR) is 122 cm³/mol. The molecule has 1 aliphatic rings. The van der Waals surface area contributed by atoms with Crippen LogP contribution in [-0.2, 0) is 17.5 Å². The van der Waals surface area contributed by atoms with Crippen molar-refractivity contribution in [2.45, 2.75) is 31.1 Å². The average Bonchev–Trinajstić information content (AvgIpc) is 3.52. The largest absolute Gasteiger partial charge is 0.418 e. The predicted octanol–water partition coefficient (Wildman–Crippen LogP) is 2.78. The number of nitrogens with two attached hydrogens (primary N) is 1. The van der Waals surface area contributed by atoms with E-state index >= 15 is 0 Å². The number of carbonyl (C=O) groups excluding carboxylic acids is 1. The van der Waals surface area contributed by atoms with Crippen molar-refractivity contribution in [1.29, 1.82) is 0 Å². The minimum absolute atomic E-state index is 0.0673. The quantitative estimate of drug-likeness (QED) is 0.336. The van der Waals surface area contributed by atoms with Gasteiger partial charge in [0, 0.05) is 16.7 Å². The zero-order valence-corrected chi connectivity index (χ0v) is 19.1. The number of alkyl halides is 3. The van der Waals surface area contributed by atoms with E-state index < -0.39 is 23.0 Å². The number of anilines is 2. The fourth-order valence-corrected chi connectivity index (χ4v) is 3.07. The molecular formula is C21H20BrF3N6O3. The maximum atomic E-state index is 13.1. The summed E-state index contributed by atoms with van der Waals surface area (Å²) in [6.45, 7) is 0.212. The summed E-state index contributed by atoms with van der Waals surface area (Å²) in [6, 6.07) is 8.35. The molecule has 9 nitrogen and oxygen atoms in total. The molecule has 4 rings (SSSR count). The summed E-state index contributed by atoms with van der Waals surface area (Å²) < 4.78 is 39.8. The van der Waals surface area contributed by atoms with Crippen LogP contribution in [0.2, 0.25) is 0 Å². The molecular weight excluding hydrogens is 521 g/mol. The molecule has 0 atom stereocenters. The number of H-pyrrole nitrogens is 2. The fraction of sp³-hybridized carbons (Fsp3) is 0.238. The lowest BCUT2D eigenvalue weighted by Gasteiger charge is -2.15. The van der Waals surface area contributed by atoms with Gasteiger partial charge >= 0.3 is 11.9 Å². The van der Waals surface area contributed by atoms with Gasteiger partial charge in [0.2, 0.25) is 5.91 Å². The highest BCUT2D eigenvalue weighted by atomic mass is 79.9. The van der Waals surface area contributed by atoms with E-state index in [0.29, 0.717) is 28.7 Å². The fourth-order valence-electron chi connectivity index (χ4n) is 2.71. The molecule has 0 spiro atoms. The van der Waals surface area contributed by atoms with E-state index in [9.17, 15) is 27.6 Å². The molecule has 0 unspecified atom stereocenters. The van der Waals surface area contributed by atoms with Crippen molar-refractivity contribution < 1.29 is 18.0 Å². The van der Waals surface area contributed by atoms with Gasteiger partial charge in [-0.2, -0.15) is 13.2 Å². The molecule has 1 fully saturated rings. The van der Waals surface area contributed by atoms with Crippen molar-refractivity contribution in [2.24, 2.45) is 5.73 Å². The first-order valence-electron chi connectivity index (χ1n) is 9.90. The number of hydrogen-bond donors (Lipinski definition) is 5. The van der Waals surface area contributed by atoms with Crippen molar-refractivity contribution in [3.8, 4) is 0 Å². The van der Waals surface area contributed by atoms with Crippen LogP contribution < -0.4 is 27.6 Å². The molecule has 0 saturated heterocycles. The van der Waals surface area contributed by atoms with Crippen LogP contribution in [0.4, 0.5) is 24.5 Å². The van der Waals surface area contributed by atoms with Crippen LogP contribution in [0.5, 0.6) is 0 Å². The van der Waals surface area contributed by atoms with Crippen LogP contribution in [0.25, 0.3) is 0 Å². The average molecular weight is 541 g/mol. The molecule has 6 N–H and O–H groups in total. The van der Waals surface area contributed by atoms with Gasteiger partial charge in [-0.3, -0.25) is 19.6 Å². The first-order chi connectivity index (χ1) is 16.0. The van der Waals surface area contributed by atoms with E-state index in [0.717, 1.165) is 6.07 Å². The van der Waals surface area contributed by atoms with Gasteiger partial charge in [0.25, 0.3) is 5.56 Å². The molecule has 0 aliphatic heterocycles. The molecule has 2 aromatic heterocycles. The van der Waals surface area contributed by atoms with Crippen molar-refractivity contribution in [3.63, 3.8) is 0 Å². The van der Waals surface area contributed by atoms with Gasteiger partial charge in [0.15, 0.2) is 0 Å². The third-order valence-corrected chi connectivity index (χ3v) is 5.24. The Morgan fingerprint density at radius 3 is 2.44 bits per heavy atom. The number of carbonyl (C=O) groups is 1. The molecule has 1 amide bonds. The second kappa shape index (κ2) is 10.2. The van der Waals surface area contributed by atoms with E-state index in [2.05, 4.69) is 36.5 Å². The maximum Gasteiger partial charge on any atom is 0.418 e. The summed E-state index contributed by atoms with van der Waals surface area (Å²) in [5, 5.41) is 5.43. The van der Waals surface area contributed by atoms with Gasteiger partial charge in [-0.1, -0.05) is 15.9 Å². The van der Waals surface area contributed by atoms with Crippen molar-refractivity contribution in [2.75, 3.05) is 5.32 Å². The summed E-state index contributed by atoms with van der Waals surface area (Å²) in [5.74, 6) is -0.216. The highest BCUT2D eigenvalue weighted by Crippen LogP contribution is 2.37. The third kappa shape index (κ3) is 7.02. The number of aromatic amines is 2. The molecule has 1 aromatic carbocycles. The second-order valence-corrected chi connectivity index (χ2v) is 8.40. The van der Waals surface area contributed by atoms with Gasteiger partial charge in [-0.05, 0) is 43.2 Å². The number of pyridine rings is 1. The molecule has 0 bridgehead atoms. The van der Waals surface area contributed by atoms with Gasteiger partial charge in [0.05, 0.1) is 40.9 Å². The topological polar surface area (TPSA) is 146 Å². The number of hydrogen-bond acceptors (Lipinski definition) is 6. The summed E-state index contributed by atoms with van der Waals surface area (Å²) in [6.07, 6.45) is -0.432. The highest BCUT2D eigenvalue weighted by Gasteiger charge is 2.45. The lowest BCUT2D eigenvalue weighted by atomic mass is 10.1. The number of aromatic nitrogens is 3. The molecule has 34 heavy (non-hydrogen) atoms. The standard InChI is InChI=1S/C17H16BrF3N4O.C4H4N2O2/c18-10-1-4-14(13(7-10)17(19,20)21)25-12-3-2-11(23-9-12)8-24-15(26)16(22)5-6-16;7-3-1-2-5-4(8)6-3/h1-4,7,9,25H,5-6,8,22H2,(H,24,26);1-2H,(H2,5,6,7,8). The van der Waals surface area contributed by atoms with Crippen molar-refractivity contribution in [1.82, 2.24) is 20.3 Å². The smallest absolute Gasteiger partial charge is 0.354 e. The van der Waals surface area contributed by atoms with E-state index in [1.165, 1.54) is 30.6 Å². The normalized spacial score (nSPS) is 13.9. The van der Waals surface area contributed by atoms with E-state index in [1.54, 1.807) is 12.1 Å². The molecule has 1 saturated carbocycles. The van der Waals surface area contributed by atoms with Crippen LogP contribution in [0.1, 0.15) is 24.1 Å². The van der Waals surface area contributed by atoms with Gasteiger partial charge in [-0.25, -0.2) is 4.79 Å². The van der Waals surface area contributed by atoms with E-state index in [4.69, 9.17) is 5.73 Å². The minimum Gasteiger partial charge on any atom is -0.354 e. The minimum atomic E-state index is -4.48. The summed E-state index contributed by atoms with van der Waals surface area (Å²) in [7, 11) is 0. The summed E-state index contributed by atoms with van der Waals surface area (Å²) >= 11 is 3.05. The maximum absolute atomic E-state index is 13.1. The SMILES string of the molecule is NC1(C(=O)NCc2ccc(Nc3ccc(Br)cc3C(F)(F)F)cn2)CC1.O=c1cc[nH]c(=O)[nH]1. The Bertz CT molecular complexity index is 1240. The zero-order valence-electron chi connectivity index (χ0n) is 17.5. The second-order valence-electron chi connectivity index (χ2n) is 7.49. The van der Waals surface area contributed by atoms with Crippen LogP contribution in [-0.4, -0.2) is 26.4 Å². The first kappa shape index (κ1) is 25.2. The Morgan fingerprint density at radius 2 is 1.91 bits per heavy atom. The number of benzene rings is 1. The Balaban J connectivity index is 0.000000343.